The Morgan fingerprint density at radius 3 is 2.65 bits per heavy atom. The molecular formula is C20H21N5S. The van der Waals surface area contributed by atoms with Crippen LogP contribution in [0.1, 0.15) is 34.7 Å². The first-order valence-electron chi connectivity index (χ1n) is 8.61. The Morgan fingerprint density at radius 1 is 1.12 bits per heavy atom. The number of nitrogens with one attached hydrogen (secondary N) is 1. The van der Waals surface area contributed by atoms with Crippen LogP contribution < -0.4 is 5.32 Å². The predicted molar refractivity (Wildman–Crippen MR) is 106 cm³/mol. The zero-order valence-corrected chi connectivity index (χ0v) is 15.9. The molecule has 5 nitrogen and oxygen atoms in total. The largest absolute Gasteiger partial charge is 0.352 e. The zero-order chi connectivity index (χ0) is 18.3. The average Bonchev–Trinajstić information content (AvgIpc) is 3.12. The van der Waals surface area contributed by atoms with E-state index in [2.05, 4.69) is 50.7 Å². The highest BCUT2D eigenvalue weighted by Gasteiger charge is 2.39. The lowest BCUT2D eigenvalue weighted by atomic mass is 9.97. The van der Waals surface area contributed by atoms with Crippen molar-refractivity contribution in [1.29, 1.82) is 0 Å². The molecule has 0 bridgehead atoms. The second kappa shape index (κ2) is 6.53. The molecule has 2 atom stereocenters. The highest BCUT2D eigenvalue weighted by atomic mass is 32.1. The third kappa shape index (κ3) is 2.66. The summed E-state index contributed by atoms with van der Waals surface area (Å²) in [7, 11) is 2.04. The van der Waals surface area contributed by atoms with Gasteiger partial charge < -0.3 is 14.8 Å². The third-order valence-electron chi connectivity index (χ3n) is 5.03. The average molecular weight is 363 g/mol. The van der Waals surface area contributed by atoms with Crippen LogP contribution in [0.25, 0.3) is 5.69 Å². The highest BCUT2D eigenvalue weighted by Crippen LogP contribution is 2.40. The second-order valence-corrected chi connectivity index (χ2v) is 7.00. The van der Waals surface area contributed by atoms with E-state index in [1.165, 1.54) is 17.0 Å². The summed E-state index contributed by atoms with van der Waals surface area (Å²) >= 11 is 5.54. The van der Waals surface area contributed by atoms with E-state index in [1.54, 1.807) is 6.20 Å². The van der Waals surface area contributed by atoms with Gasteiger partial charge in [-0.3, -0.25) is 9.97 Å². The molecule has 0 aromatic carbocycles. The van der Waals surface area contributed by atoms with Gasteiger partial charge in [0, 0.05) is 30.8 Å². The van der Waals surface area contributed by atoms with Crippen LogP contribution in [0.2, 0.25) is 0 Å². The van der Waals surface area contributed by atoms with Crippen LogP contribution in [0.15, 0.2) is 55.0 Å². The Bertz CT molecular complexity index is 936. The summed E-state index contributed by atoms with van der Waals surface area (Å²) in [4.78, 5) is 11.0. The Kier molecular flexibility index (Phi) is 4.20. The van der Waals surface area contributed by atoms with Crippen molar-refractivity contribution in [3.05, 3.63) is 77.6 Å². The van der Waals surface area contributed by atoms with Crippen LogP contribution in [0.4, 0.5) is 0 Å². The molecule has 2 unspecified atom stereocenters. The van der Waals surface area contributed by atoms with E-state index in [-0.39, 0.29) is 12.1 Å². The van der Waals surface area contributed by atoms with Crippen LogP contribution in [-0.2, 0) is 0 Å². The molecule has 0 aliphatic carbocycles. The van der Waals surface area contributed by atoms with Crippen LogP contribution in [-0.4, -0.2) is 31.6 Å². The number of hydrogen-bond donors (Lipinski definition) is 1. The molecule has 1 saturated heterocycles. The molecule has 3 aromatic rings. The van der Waals surface area contributed by atoms with Gasteiger partial charge in [0.15, 0.2) is 5.11 Å². The maximum atomic E-state index is 5.54. The van der Waals surface area contributed by atoms with E-state index in [4.69, 9.17) is 12.2 Å². The van der Waals surface area contributed by atoms with Crippen molar-refractivity contribution in [2.45, 2.75) is 25.9 Å². The molecule has 3 aromatic heterocycles. The van der Waals surface area contributed by atoms with Gasteiger partial charge in [-0.25, -0.2) is 0 Å². The molecule has 4 heterocycles. The summed E-state index contributed by atoms with van der Waals surface area (Å²) in [6, 6.07) is 12.4. The molecule has 6 heteroatoms. The van der Waals surface area contributed by atoms with Gasteiger partial charge >= 0.3 is 0 Å². The minimum Gasteiger partial charge on any atom is -0.352 e. The lowest BCUT2D eigenvalue weighted by Gasteiger charge is -2.24. The summed E-state index contributed by atoms with van der Waals surface area (Å²) in [6.07, 6.45) is 5.51. The summed E-state index contributed by atoms with van der Waals surface area (Å²) in [5.74, 6) is 0. The van der Waals surface area contributed by atoms with Crippen LogP contribution in [0.5, 0.6) is 0 Å². The summed E-state index contributed by atoms with van der Waals surface area (Å²) in [6.45, 7) is 4.28. The van der Waals surface area contributed by atoms with Crippen molar-refractivity contribution in [2.75, 3.05) is 7.05 Å². The van der Waals surface area contributed by atoms with Gasteiger partial charge in [-0.05, 0) is 62.0 Å². The van der Waals surface area contributed by atoms with Crippen LogP contribution >= 0.6 is 12.2 Å². The minimum atomic E-state index is 0.0246. The maximum Gasteiger partial charge on any atom is 0.169 e. The molecule has 1 aliphatic heterocycles. The van der Waals surface area contributed by atoms with Crippen molar-refractivity contribution in [3.8, 4) is 5.69 Å². The molecule has 1 fully saturated rings. The standard InChI is InChI=1S/C20H21N5S/c1-13-11-16(14(2)25(13)15-7-6-9-21-12-15)19-18(23-20(26)24(19)3)17-8-4-5-10-22-17/h4-12,18-19H,1-3H3,(H,23,26). The summed E-state index contributed by atoms with van der Waals surface area (Å²) < 4.78 is 2.24. The van der Waals surface area contributed by atoms with E-state index < -0.39 is 0 Å². The van der Waals surface area contributed by atoms with Crippen LogP contribution in [0.3, 0.4) is 0 Å². The molecule has 0 radical (unpaired) electrons. The minimum absolute atomic E-state index is 0.0246. The number of aryl methyl sites for hydroxylation is 1. The fourth-order valence-electron chi connectivity index (χ4n) is 3.82. The number of nitrogens with zero attached hydrogens (tertiary/aromatic N) is 4. The first-order chi connectivity index (χ1) is 12.6. The number of likely N-dealkylation sites (N-methyl/N-ethyl adjacent to an activating group) is 1. The number of rotatable bonds is 3. The van der Waals surface area contributed by atoms with Gasteiger partial charge in [0.25, 0.3) is 0 Å². The number of hydrogen-bond acceptors (Lipinski definition) is 3. The lowest BCUT2D eigenvalue weighted by molar-refractivity contribution is 0.367. The SMILES string of the molecule is Cc1cc(C2C(c3ccccn3)NC(=S)N2C)c(C)n1-c1cccnc1. The molecule has 1 N–H and O–H groups in total. The topological polar surface area (TPSA) is 46.0 Å². The van der Waals surface area contributed by atoms with Crippen molar-refractivity contribution in [3.63, 3.8) is 0 Å². The van der Waals surface area contributed by atoms with Gasteiger partial charge in [-0.1, -0.05) is 6.07 Å². The van der Waals surface area contributed by atoms with E-state index in [9.17, 15) is 0 Å². The molecular weight excluding hydrogens is 342 g/mol. The monoisotopic (exact) mass is 363 g/mol. The van der Waals surface area contributed by atoms with Gasteiger partial charge in [-0.2, -0.15) is 0 Å². The highest BCUT2D eigenvalue weighted by molar-refractivity contribution is 7.80. The fraction of sp³-hybridized carbons (Fsp3) is 0.250. The molecule has 0 spiro atoms. The van der Waals surface area contributed by atoms with Crippen LogP contribution in [0, 0.1) is 13.8 Å². The van der Waals surface area contributed by atoms with Gasteiger partial charge in [-0.15, -0.1) is 0 Å². The first kappa shape index (κ1) is 16.7. The summed E-state index contributed by atoms with van der Waals surface area (Å²) in [5, 5.41) is 4.18. The Hall–Kier alpha value is -2.73. The Morgan fingerprint density at radius 2 is 1.96 bits per heavy atom. The fourth-order valence-corrected chi connectivity index (χ4v) is 4.06. The van der Waals surface area contributed by atoms with E-state index >= 15 is 0 Å². The third-order valence-corrected chi connectivity index (χ3v) is 5.44. The zero-order valence-electron chi connectivity index (χ0n) is 15.0. The lowest BCUT2D eigenvalue weighted by Crippen LogP contribution is -2.25. The first-order valence-corrected chi connectivity index (χ1v) is 9.02. The second-order valence-electron chi connectivity index (χ2n) is 6.61. The van der Waals surface area contributed by atoms with Gasteiger partial charge in [0.2, 0.25) is 0 Å². The molecule has 4 rings (SSSR count). The van der Waals surface area contributed by atoms with Crippen molar-refractivity contribution < 1.29 is 0 Å². The normalized spacial score (nSPS) is 19.7. The Balaban J connectivity index is 1.82. The van der Waals surface area contributed by atoms with E-state index in [0.29, 0.717) is 0 Å². The smallest absolute Gasteiger partial charge is 0.169 e. The van der Waals surface area contributed by atoms with Crippen molar-refractivity contribution >= 4 is 17.3 Å². The van der Waals surface area contributed by atoms with Crippen molar-refractivity contribution in [1.82, 2.24) is 24.8 Å². The quantitative estimate of drug-likeness (QED) is 0.722. The molecule has 132 valence electrons. The summed E-state index contributed by atoms with van der Waals surface area (Å²) in [5.41, 5.74) is 5.68. The van der Waals surface area contributed by atoms with E-state index in [0.717, 1.165) is 16.5 Å². The molecule has 0 saturated carbocycles. The van der Waals surface area contributed by atoms with E-state index in [1.807, 2.05) is 43.7 Å². The molecule has 1 aliphatic rings. The molecule has 0 amide bonds. The van der Waals surface area contributed by atoms with Gasteiger partial charge in [0.1, 0.15) is 0 Å². The number of thiocarbonyl (C=S) groups is 1. The van der Waals surface area contributed by atoms with Crippen molar-refractivity contribution in [2.24, 2.45) is 0 Å². The van der Waals surface area contributed by atoms with Gasteiger partial charge in [0.05, 0.1) is 29.7 Å². The number of pyridine rings is 2. The molecule has 26 heavy (non-hydrogen) atoms. The maximum absolute atomic E-state index is 5.54. The number of aromatic nitrogens is 3. The predicted octanol–water partition coefficient (Wildman–Crippen LogP) is 3.49. The Labute approximate surface area is 158 Å².